The number of amides is 1. The van der Waals surface area contributed by atoms with Crippen LogP contribution in [0.5, 0.6) is 0 Å². The number of fused-ring (bicyclic) bond motifs is 1. The van der Waals surface area contributed by atoms with E-state index in [2.05, 4.69) is 90.5 Å². The molecule has 0 saturated carbocycles. The van der Waals surface area contributed by atoms with Gasteiger partial charge in [-0.3, -0.25) is 9.78 Å². The number of hydrogen-bond donors (Lipinski definition) is 1. The van der Waals surface area contributed by atoms with E-state index in [1.54, 1.807) is 6.20 Å². The smallest absolute Gasteiger partial charge is 0.256 e. The van der Waals surface area contributed by atoms with Crippen LogP contribution in [0, 0.1) is 0 Å². The number of nitrogens with zero attached hydrogens (tertiary/aromatic N) is 3. The number of carbonyl (C=O) groups is 1. The van der Waals surface area contributed by atoms with Gasteiger partial charge in [-0.2, -0.15) is 0 Å². The summed E-state index contributed by atoms with van der Waals surface area (Å²) >= 11 is 0. The van der Waals surface area contributed by atoms with Crippen molar-refractivity contribution in [2.24, 2.45) is 0 Å². The van der Waals surface area contributed by atoms with Crippen LogP contribution in [0.25, 0.3) is 11.2 Å². The Bertz CT molecular complexity index is 1690. The largest absolute Gasteiger partial charge is 0.319 e. The molecular weight excluding hydrogens is 490 g/mol. The normalized spacial score (nSPS) is 11.4. The fourth-order valence-electron chi connectivity index (χ4n) is 5.62. The van der Waals surface area contributed by atoms with Crippen LogP contribution in [0.3, 0.4) is 0 Å². The maximum atomic E-state index is 13.6. The Kier molecular flexibility index (Phi) is 6.79. The quantitative estimate of drug-likeness (QED) is 0.258. The predicted molar refractivity (Wildman–Crippen MR) is 167 cm³/mol. The van der Waals surface area contributed by atoms with Gasteiger partial charge in [-0.15, -0.1) is 0 Å². The molecule has 0 atom stereocenters. The lowest BCUT2D eigenvalue weighted by atomic mass is 9.76. The summed E-state index contributed by atoms with van der Waals surface area (Å²) < 4.78 is 2.16. The summed E-state index contributed by atoms with van der Waals surface area (Å²) in [4.78, 5) is 23.4. The highest BCUT2D eigenvalue weighted by Gasteiger charge is 2.40. The van der Waals surface area contributed by atoms with E-state index in [1.807, 2.05) is 56.5 Å². The van der Waals surface area contributed by atoms with Crippen molar-refractivity contribution < 1.29 is 4.79 Å². The summed E-state index contributed by atoms with van der Waals surface area (Å²) in [6.07, 6.45) is 4.54. The minimum Gasteiger partial charge on any atom is -0.319 e. The van der Waals surface area contributed by atoms with Crippen molar-refractivity contribution in [1.82, 2.24) is 14.5 Å². The molecule has 40 heavy (non-hydrogen) atoms. The summed E-state index contributed by atoms with van der Waals surface area (Å²) in [6, 6.07) is 39.0. The van der Waals surface area contributed by atoms with Crippen molar-refractivity contribution in [3.63, 3.8) is 0 Å². The molecule has 7 heteroatoms. The average molecular weight is 518 g/mol. The molecule has 0 bridgehead atoms. The molecule has 0 saturated heterocycles. The SMILES string of the molecule is BCc1ccccc1C(=O)Nc1cn(C(c2ccccc2)(c2ccccc2)c2ccccc2)c2ncc(B)nc12. The molecule has 4 aromatic carbocycles. The maximum Gasteiger partial charge on any atom is 0.256 e. The van der Waals surface area contributed by atoms with Crippen LogP contribution in [-0.4, -0.2) is 36.1 Å². The Morgan fingerprint density at radius 3 is 1.85 bits per heavy atom. The molecule has 6 rings (SSSR count). The van der Waals surface area contributed by atoms with Crippen molar-refractivity contribution in [3.8, 4) is 0 Å². The van der Waals surface area contributed by atoms with Gasteiger partial charge in [0.15, 0.2) is 13.5 Å². The van der Waals surface area contributed by atoms with Gasteiger partial charge in [0.2, 0.25) is 0 Å². The number of benzene rings is 4. The summed E-state index contributed by atoms with van der Waals surface area (Å²) in [5.74, 6) is -0.162. The molecule has 0 aliphatic heterocycles. The molecular formula is C33H28B2N4O. The van der Waals surface area contributed by atoms with E-state index in [0.717, 1.165) is 34.2 Å². The Labute approximate surface area is 235 Å². The van der Waals surface area contributed by atoms with Crippen molar-refractivity contribution in [3.05, 3.63) is 155 Å². The zero-order chi connectivity index (χ0) is 27.5. The average Bonchev–Trinajstić information content (AvgIpc) is 3.36. The predicted octanol–water partition coefficient (Wildman–Crippen LogP) is 3.92. The fourth-order valence-corrected chi connectivity index (χ4v) is 5.62. The molecule has 5 nitrogen and oxygen atoms in total. The molecule has 6 aromatic rings. The lowest BCUT2D eigenvalue weighted by Gasteiger charge is -2.38. The standard InChI is InChI=1S/C33H28B2N4O/c34-20-23-12-10-11-19-27(23)32(40)37-28-22-39(31-30(28)38-29(35)21-36-31)33(24-13-4-1-5-14-24,25-15-6-2-7-16-25)26-17-8-3-9-18-26/h1-19,21-22H,20,34-35H2,(H,37,40). The fraction of sp³-hybridized carbons (Fsp3) is 0.0606. The summed E-state index contributed by atoms with van der Waals surface area (Å²) in [5.41, 5.74) is 6.81. The molecule has 0 unspecified atom stereocenters. The minimum absolute atomic E-state index is 0.162. The van der Waals surface area contributed by atoms with Gasteiger partial charge in [0.25, 0.3) is 5.91 Å². The second-order valence-corrected chi connectivity index (χ2v) is 9.87. The number of hydrogen-bond acceptors (Lipinski definition) is 3. The van der Waals surface area contributed by atoms with Gasteiger partial charge in [0.1, 0.15) is 18.9 Å². The molecule has 1 N–H and O–H groups in total. The van der Waals surface area contributed by atoms with Crippen LogP contribution in [0.1, 0.15) is 32.6 Å². The van der Waals surface area contributed by atoms with Gasteiger partial charge in [-0.25, -0.2) is 4.98 Å². The number of anilines is 1. The summed E-state index contributed by atoms with van der Waals surface area (Å²) in [5, 5.41) is 3.19. The number of carbonyl (C=O) groups excluding carboxylic acids is 1. The van der Waals surface area contributed by atoms with Gasteiger partial charge in [-0.05, 0) is 28.3 Å². The van der Waals surface area contributed by atoms with Crippen LogP contribution in [0.15, 0.2) is 128 Å². The van der Waals surface area contributed by atoms with Crippen LogP contribution in [0.4, 0.5) is 5.69 Å². The third kappa shape index (κ3) is 4.30. The third-order valence-electron chi connectivity index (χ3n) is 7.44. The van der Waals surface area contributed by atoms with Gasteiger partial charge in [0.05, 0.1) is 5.69 Å². The Balaban J connectivity index is 1.65. The Morgan fingerprint density at radius 1 is 0.775 bits per heavy atom. The first kappa shape index (κ1) is 25.4. The van der Waals surface area contributed by atoms with E-state index in [4.69, 9.17) is 9.97 Å². The zero-order valence-corrected chi connectivity index (χ0v) is 22.6. The van der Waals surface area contributed by atoms with E-state index >= 15 is 0 Å². The molecule has 0 aliphatic carbocycles. The highest BCUT2D eigenvalue weighted by molar-refractivity contribution is 6.31. The number of rotatable bonds is 7. The Morgan fingerprint density at radius 2 is 1.30 bits per heavy atom. The summed E-state index contributed by atoms with van der Waals surface area (Å²) in [7, 11) is 3.97. The molecule has 2 aromatic heterocycles. The minimum atomic E-state index is -0.781. The third-order valence-corrected chi connectivity index (χ3v) is 7.44. The first-order valence-electron chi connectivity index (χ1n) is 13.5. The molecule has 0 fully saturated rings. The highest BCUT2D eigenvalue weighted by atomic mass is 16.1. The monoisotopic (exact) mass is 518 g/mol. The first-order chi connectivity index (χ1) is 19.6. The molecule has 0 radical (unpaired) electrons. The topological polar surface area (TPSA) is 59.8 Å². The second kappa shape index (κ2) is 10.7. The molecule has 192 valence electrons. The van der Waals surface area contributed by atoms with E-state index in [9.17, 15) is 4.79 Å². The van der Waals surface area contributed by atoms with Gasteiger partial charge >= 0.3 is 0 Å². The van der Waals surface area contributed by atoms with Crippen molar-refractivity contribution in [1.29, 1.82) is 0 Å². The lowest BCUT2D eigenvalue weighted by molar-refractivity contribution is 0.102. The molecule has 0 aliphatic rings. The Hall–Kier alpha value is -4.90. The van der Waals surface area contributed by atoms with Crippen LogP contribution < -0.4 is 10.9 Å². The lowest BCUT2D eigenvalue weighted by Crippen LogP contribution is -2.37. The number of nitrogens with one attached hydrogen (secondary N) is 1. The number of aromatic nitrogens is 3. The molecule has 0 spiro atoms. The van der Waals surface area contributed by atoms with Crippen molar-refractivity contribution in [2.75, 3.05) is 5.32 Å². The van der Waals surface area contributed by atoms with Crippen molar-refractivity contribution in [2.45, 2.75) is 11.9 Å². The van der Waals surface area contributed by atoms with Gasteiger partial charge in [-0.1, -0.05) is 116 Å². The van der Waals surface area contributed by atoms with Crippen LogP contribution in [-0.2, 0) is 11.9 Å². The van der Waals surface area contributed by atoms with Gasteiger partial charge in [0, 0.05) is 23.6 Å². The van der Waals surface area contributed by atoms with Crippen LogP contribution in [0.2, 0.25) is 0 Å². The maximum absolute atomic E-state index is 13.6. The van der Waals surface area contributed by atoms with Crippen LogP contribution >= 0.6 is 0 Å². The van der Waals surface area contributed by atoms with E-state index in [0.29, 0.717) is 22.4 Å². The zero-order valence-electron chi connectivity index (χ0n) is 22.6. The summed E-state index contributed by atoms with van der Waals surface area (Å²) in [6.45, 7) is 0. The van der Waals surface area contributed by atoms with E-state index in [1.165, 1.54) is 0 Å². The first-order valence-corrected chi connectivity index (χ1v) is 13.5. The highest BCUT2D eigenvalue weighted by Crippen LogP contribution is 2.43. The van der Waals surface area contributed by atoms with Gasteiger partial charge < -0.3 is 9.88 Å². The van der Waals surface area contributed by atoms with E-state index in [-0.39, 0.29) is 5.91 Å². The molecule has 2 heterocycles. The second-order valence-electron chi connectivity index (χ2n) is 9.87. The van der Waals surface area contributed by atoms with E-state index < -0.39 is 5.54 Å². The van der Waals surface area contributed by atoms with Crippen molar-refractivity contribution >= 4 is 44.0 Å². The molecule has 1 amide bonds.